The Morgan fingerprint density at radius 1 is 0.457 bits per heavy atom. The number of hydrogen-bond donors (Lipinski definition) is 14. The topological polar surface area (TPSA) is 462 Å². The predicted octanol–water partition coefficient (Wildman–Crippen LogP) is 2.08. The molecule has 4 aromatic carbocycles. The molecule has 105 heavy (non-hydrogen) atoms. The predicted molar refractivity (Wildman–Crippen MR) is 385 cm³/mol. The molecule has 1 aliphatic heterocycles. The SMILES string of the molecule is COc1ccc(CCCC(=O)NCC(=O)N[C@@H](CCCCNC(=O)CN2CCN(CC(=O)O)CCN(CC(=O)O)CCN(CC(=O)O)CC2)C(=O)NCC2CCC(C(=O)N[C@@H](Cc3c4ccccc4cc4ccccc34)C(=O)NCCCC[C@H](NC(=O)N[C@@H](CCCC(=O)O)C(=O)O)C(=O)O)CC2)cc1. The molecule has 14 N–H and O–H groups in total. The van der Waals surface area contributed by atoms with E-state index < -0.39 is 96.2 Å². The van der Waals surface area contributed by atoms with Crippen LogP contribution >= 0.6 is 0 Å². The number of ether oxygens (including phenoxy) is 1. The number of carboxylic acid groups (broad SMARTS) is 6. The maximum Gasteiger partial charge on any atom is 0.326 e. The Balaban J connectivity index is 1.05. The standard InChI is InChI=1S/C73H102N12O20/c1-105-53-28-24-48(25-29-53)12-10-20-61(86)76-43-62(87)78-57(17-6-8-30-74-63(88)44-82-32-34-83(45-65(91)92)36-38-85(47-67(95)96)39-37-84(35-33-82)46-66(93)94)69(98)77-42-49-22-26-50(27-23-49)68(97)79-60(41-56-54-15-4-2-13-51(54)40-52-14-3-5-16-55(52)56)70(99)75-31-9-7-18-58(71(100)101)80-73(104)81-59(72(102)103)19-11-21-64(89)90/h2-5,13-16,24-25,28-29,40,49-50,57-60H,6-12,17-23,26-27,30-39,41-47H2,1H3,(H,74,88)(H,75,99)(H,76,86)(H,77,98)(H,78,87)(H,79,97)(H,89,90)(H,91,92)(H,93,94)(H,95,96)(H,100,101)(H,102,103)(H2,80,81,104)/t49?,50?,57-,58-,59-,60-/m0/s1. The van der Waals surface area contributed by atoms with Crippen molar-refractivity contribution in [2.75, 3.05) is 112 Å². The monoisotopic (exact) mass is 1470 g/mol. The van der Waals surface area contributed by atoms with Crippen molar-refractivity contribution in [3.05, 3.63) is 90.0 Å². The number of carbonyl (C=O) groups is 13. The fourth-order valence-corrected chi connectivity index (χ4v) is 12.9. The number of nitrogens with one attached hydrogen (secondary N) is 8. The number of hydrogen-bond acceptors (Lipinski definition) is 18. The first kappa shape index (κ1) is 83.9. The maximum absolute atomic E-state index is 14.4. The van der Waals surface area contributed by atoms with Gasteiger partial charge in [-0.2, -0.15) is 0 Å². The molecule has 32 heteroatoms. The number of methoxy groups -OCH3 is 1. The van der Waals surface area contributed by atoms with Crippen LogP contribution in [0.1, 0.15) is 107 Å². The number of aryl methyl sites for hydroxylation is 1. The molecular formula is C73H102N12O20. The number of amides is 8. The van der Waals surface area contributed by atoms with Gasteiger partial charge in [-0.1, -0.05) is 60.7 Å². The van der Waals surface area contributed by atoms with Crippen LogP contribution in [0.4, 0.5) is 4.79 Å². The summed E-state index contributed by atoms with van der Waals surface area (Å²) >= 11 is 0. The van der Waals surface area contributed by atoms with Gasteiger partial charge in [0, 0.05) is 97.2 Å². The maximum atomic E-state index is 14.4. The molecule has 0 aromatic heterocycles. The first-order valence-corrected chi connectivity index (χ1v) is 35.8. The Morgan fingerprint density at radius 2 is 0.943 bits per heavy atom. The van der Waals surface area contributed by atoms with Crippen LogP contribution in [0.5, 0.6) is 5.75 Å². The first-order valence-electron chi connectivity index (χ1n) is 35.8. The highest BCUT2D eigenvalue weighted by molar-refractivity contribution is 6.03. The largest absolute Gasteiger partial charge is 0.497 e. The van der Waals surface area contributed by atoms with Crippen LogP contribution in [-0.4, -0.2) is 264 Å². The van der Waals surface area contributed by atoms with Crippen LogP contribution in [0.15, 0.2) is 78.9 Å². The van der Waals surface area contributed by atoms with Gasteiger partial charge in [-0.15, -0.1) is 0 Å². The number of fused-ring (bicyclic) bond motifs is 2. The summed E-state index contributed by atoms with van der Waals surface area (Å²) < 4.78 is 5.22. The zero-order valence-corrected chi connectivity index (χ0v) is 59.5. The Kier molecular flexibility index (Phi) is 35.6. The smallest absolute Gasteiger partial charge is 0.326 e. The van der Waals surface area contributed by atoms with Crippen molar-refractivity contribution in [2.45, 2.75) is 133 Å². The van der Waals surface area contributed by atoms with Gasteiger partial charge >= 0.3 is 41.8 Å². The van der Waals surface area contributed by atoms with Crippen LogP contribution in [0, 0.1) is 11.8 Å². The summed E-state index contributed by atoms with van der Waals surface area (Å²) in [5.74, 6) is -9.69. The van der Waals surface area contributed by atoms with Gasteiger partial charge in [0.15, 0.2) is 0 Å². The van der Waals surface area contributed by atoms with Crippen molar-refractivity contribution < 1.29 is 97.7 Å². The lowest BCUT2D eigenvalue weighted by Crippen LogP contribution is -2.51. The highest BCUT2D eigenvalue weighted by atomic mass is 16.5. The molecular weight excluding hydrogens is 1360 g/mol. The van der Waals surface area contributed by atoms with Crippen molar-refractivity contribution in [1.82, 2.24) is 62.1 Å². The van der Waals surface area contributed by atoms with Crippen LogP contribution < -0.4 is 47.3 Å². The van der Waals surface area contributed by atoms with E-state index in [0.717, 1.165) is 32.7 Å². The highest BCUT2D eigenvalue weighted by Gasteiger charge is 2.33. The summed E-state index contributed by atoms with van der Waals surface area (Å²) in [6, 6.07) is 18.9. The zero-order chi connectivity index (χ0) is 76.2. The third-order valence-corrected chi connectivity index (χ3v) is 18.8. The summed E-state index contributed by atoms with van der Waals surface area (Å²) in [6.07, 6.45) is 3.95. The molecule has 574 valence electrons. The Hall–Kier alpha value is -10.0. The molecule has 0 radical (unpaired) electrons. The second kappa shape index (κ2) is 44.6. The Labute approximate surface area is 609 Å². The van der Waals surface area contributed by atoms with E-state index in [1.54, 1.807) is 26.7 Å². The molecule has 4 aromatic rings. The average Bonchev–Trinajstić information content (AvgIpc) is 0.773. The highest BCUT2D eigenvalue weighted by Crippen LogP contribution is 2.32. The lowest BCUT2D eigenvalue weighted by atomic mass is 9.81. The van der Waals surface area contributed by atoms with Crippen LogP contribution in [0.25, 0.3) is 21.5 Å². The average molecular weight is 1470 g/mol. The van der Waals surface area contributed by atoms with Crippen molar-refractivity contribution in [1.29, 1.82) is 0 Å². The fourth-order valence-electron chi connectivity index (χ4n) is 12.9. The third kappa shape index (κ3) is 31.0. The van der Waals surface area contributed by atoms with Crippen LogP contribution in [0.2, 0.25) is 0 Å². The van der Waals surface area contributed by atoms with Crippen molar-refractivity contribution in [3.8, 4) is 5.75 Å². The normalized spacial score (nSPS) is 16.8. The van der Waals surface area contributed by atoms with E-state index in [1.807, 2.05) is 72.8 Å². The molecule has 0 unspecified atom stereocenters. The zero-order valence-electron chi connectivity index (χ0n) is 59.5. The number of rotatable bonds is 42. The van der Waals surface area contributed by atoms with E-state index in [1.165, 1.54) is 0 Å². The van der Waals surface area contributed by atoms with Gasteiger partial charge in [-0.25, -0.2) is 14.4 Å². The van der Waals surface area contributed by atoms with Crippen LogP contribution in [-0.2, 0) is 70.4 Å². The van der Waals surface area contributed by atoms with Crippen molar-refractivity contribution in [2.24, 2.45) is 11.8 Å². The number of benzene rings is 4. The molecule has 4 atom stereocenters. The Bertz CT molecular complexity index is 3510. The van der Waals surface area contributed by atoms with Gasteiger partial charge in [0.05, 0.1) is 39.8 Å². The molecule has 6 rings (SSSR count). The number of carboxylic acids is 6. The molecule has 0 spiro atoms. The summed E-state index contributed by atoms with van der Waals surface area (Å²) in [6.45, 7) is 0.806. The number of aliphatic carboxylic acids is 6. The summed E-state index contributed by atoms with van der Waals surface area (Å²) in [5, 5.41) is 82.5. The summed E-state index contributed by atoms with van der Waals surface area (Å²) in [4.78, 5) is 172. The molecule has 1 aliphatic carbocycles. The molecule has 2 aliphatic rings. The number of unbranched alkanes of at least 4 members (excludes halogenated alkanes) is 2. The van der Waals surface area contributed by atoms with Gasteiger partial charge in [0.25, 0.3) is 0 Å². The summed E-state index contributed by atoms with van der Waals surface area (Å²) in [5.41, 5.74) is 1.84. The van der Waals surface area contributed by atoms with Gasteiger partial charge in [0.1, 0.15) is 29.9 Å². The molecule has 32 nitrogen and oxygen atoms in total. The van der Waals surface area contributed by atoms with E-state index >= 15 is 0 Å². The molecule has 0 bridgehead atoms. The minimum Gasteiger partial charge on any atom is -0.497 e. The fraction of sp³-hybridized carbons (Fsp3) is 0.548. The third-order valence-electron chi connectivity index (χ3n) is 18.8. The number of nitrogens with zero attached hydrogens (tertiary/aromatic N) is 4. The van der Waals surface area contributed by atoms with Crippen LogP contribution in [0.3, 0.4) is 0 Å². The summed E-state index contributed by atoms with van der Waals surface area (Å²) in [7, 11) is 1.57. The lowest BCUT2D eigenvalue weighted by Gasteiger charge is -2.32. The molecule has 1 saturated heterocycles. The van der Waals surface area contributed by atoms with E-state index in [-0.39, 0.29) is 180 Å². The van der Waals surface area contributed by atoms with E-state index in [0.29, 0.717) is 57.1 Å². The second-order valence-electron chi connectivity index (χ2n) is 26.7. The quantitative estimate of drug-likeness (QED) is 0.0223. The van der Waals surface area contributed by atoms with Crippen molar-refractivity contribution in [3.63, 3.8) is 0 Å². The minimum atomic E-state index is -1.46. The van der Waals surface area contributed by atoms with E-state index in [9.17, 15) is 87.9 Å². The van der Waals surface area contributed by atoms with E-state index in [4.69, 9.17) is 9.84 Å². The lowest BCUT2D eigenvalue weighted by molar-refractivity contribution is -0.141. The van der Waals surface area contributed by atoms with Gasteiger partial charge in [-0.3, -0.25) is 67.5 Å². The number of urea groups is 1. The van der Waals surface area contributed by atoms with E-state index in [2.05, 4.69) is 48.6 Å². The first-order chi connectivity index (χ1) is 50.3. The molecule has 1 heterocycles. The molecule has 8 amide bonds. The Morgan fingerprint density at radius 3 is 1.45 bits per heavy atom. The number of carbonyl (C=O) groups excluding carboxylic acids is 7. The molecule has 1 saturated carbocycles. The van der Waals surface area contributed by atoms with Gasteiger partial charge < -0.3 is 77.9 Å². The second-order valence-corrected chi connectivity index (χ2v) is 26.7. The minimum absolute atomic E-state index is 0.0427. The van der Waals surface area contributed by atoms with Gasteiger partial charge in [0.2, 0.25) is 35.4 Å². The van der Waals surface area contributed by atoms with Gasteiger partial charge in [-0.05, 0) is 147 Å². The van der Waals surface area contributed by atoms with Crippen molar-refractivity contribution >= 4 is 98.8 Å². The molecule has 2 fully saturated rings.